The fraction of sp³-hybridized carbons (Fsp3) is 0.857. The van der Waals surface area contributed by atoms with Crippen molar-refractivity contribution >= 4 is 28.9 Å². The van der Waals surface area contributed by atoms with Crippen LogP contribution in [0.4, 0.5) is 4.79 Å². The number of carbonyl (C=O) groups is 2. The van der Waals surface area contributed by atoms with Crippen LogP contribution in [-0.4, -0.2) is 56.7 Å². The fourth-order valence-electron chi connectivity index (χ4n) is 4.72. The molecule has 3 atom stereocenters. The molecule has 2 saturated heterocycles. The van der Waals surface area contributed by atoms with E-state index in [4.69, 9.17) is 4.99 Å². The zero-order valence-electron chi connectivity index (χ0n) is 18.2. The number of likely N-dealkylation sites (tertiary alicyclic amines) is 1. The summed E-state index contributed by atoms with van der Waals surface area (Å²) in [4.78, 5) is 30.1. The van der Waals surface area contributed by atoms with Gasteiger partial charge in [-0.05, 0) is 38.0 Å². The van der Waals surface area contributed by atoms with Crippen LogP contribution >= 0.6 is 11.8 Å². The quantitative estimate of drug-likeness (QED) is 0.599. The number of nitrogens with one attached hydrogen (secondary N) is 2. The zero-order chi connectivity index (χ0) is 21.2. The third-order valence-electron chi connectivity index (χ3n) is 6.41. The minimum absolute atomic E-state index is 0.0529. The van der Waals surface area contributed by atoms with Gasteiger partial charge in [-0.1, -0.05) is 58.2 Å². The molecule has 3 fully saturated rings. The highest BCUT2D eigenvalue weighted by molar-refractivity contribution is 8.16. The number of hydrogen-bond donors (Lipinski definition) is 3. The van der Waals surface area contributed by atoms with Gasteiger partial charge in [-0.15, -0.1) is 0 Å². The van der Waals surface area contributed by atoms with Gasteiger partial charge in [0.2, 0.25) is 0 Å². The molecule has 3 unspecified atom stereocenters. The molecule has 0 spiro atoms. The summed E-state index contributed by atoms with van der Waals surface area (Å²) in [6, 6.07) is 0.325. The van der Waals surface area contributed by atoms with Crippen molar-refractivity contribution in [2.24, 2.45) is 10.4 Å². The van der Waals surface area contributed by atoms with E-state index in [1.165, 1.54) is 37.4 Å². The summed E-state index contributed by atoms with van der Waals surface area (Å²) in [5, 5.41) is 16.8. The number of carboxylic acid groups (broad SMARTS) is 1. The first kappa shape index (κ1) is 22.4. The molecule has 0 radical (unpaired) electrons. The molecular formula is C21H36N4O3S. The number of aliphatic imine (C=N–C) groups is 1. The molecule has 3 aliphatic rings. The lowest BCUT2D eigenvalue weighted by Gasteiger charge is -2.45. The highest BCUT2D eigenvalue weighted by atomic mass is 32.2. The largest absolute Gasteiger partial charge is 0.465 e. The summed E-state index contributed by atoms with van der Waals surface area (Å²) < 4.78 is 0. The number of nitrogens with zero attached hydrogens (tertiary/aromatic N) is 2. The molecule has 0 aromatic heterocycles. The van der Waals surface area contributed by atoms with Crippen LogP contribution in [0.3, 0.4) is 0 Å². The average Bonchev–Trinajstić information content (AvgIpc) is 2.79. The van der Waals surface area contributed by atoms with E-state index in [-0.39, 0.29) is 23.4 Å². The number of thioether (sulfide) groups is 1. The van der Waals surface area contributed by atoms with Crippen LogP contribution in [0.5, 0.6) is 0 Å². The Labute approximate surface area is 178 Å². The molecule has 3 rings (SSSR count). The first-order valence-electron chi connectivity index (χ1n) is 10.9. The molecule has 29 heavy (non-hydrogen) atoms. The monoisotopic (exact) mass is 424 g/mol. The lowest BCUT2D eigenvalue weighted by atomic mass is 9.79. The zero-order valence-corrected chi connectivity index (χ0v) is 19.0. The summed E-state index contributed by atoms with van der Waals surface area (Å²) in [6.45, 7) is 8.63. The number of amides is 2. The van der Waals surface area contributed by atoms with Crippen molar-refractivity contribution in [1.29, 1.82) is 0 Å². The third-order valence-corrected chi connectivity index (χ3v) is 7.52. The van der Waals surface area contributed by atoms with Crippen molar-refractivity contribution in [2.75, 3.05) is 6.54 Å². The van der Waals surface area contributed by atoms with Crippen molar-refractivity contribution in [3.8, 4) is 0 Å². The summed E-state index contributed by atoms with van der Waals surface area (Å²) >= 11 is 1.48. The minimum Gasteiger partial charge on any atom is -0.465 e. The minimum atomic E-state index is -0.861. The second kappa shape index (κ2) is 8.84. The summed E-state index contributed by atoms with van der Waals surface area (Å²) in [6.07, 6.45) is 7.74. The van der Waals surface area contributed by atoms with Crippen LogP contribution in [0.25, 0.3) is 0 Å². The highest BCUT2D eigenvalue weighted by Crippen LogP contribution is 2.36. The summed E-state index contributed by atoms with van der Waals surface area (Å²) in [5.74, 6) is -0.0529. The first-order chi connectivity index (χ1) is 13.6. The van der Waals surface area contributed by atoms with E-state index < -0.39 is 11.0 Å². The molecule has 1 saturated carbocycles. The van der Waals surface area contributed by atoms with Gasteiger partial charge in [0.15, 0.2) is 5.17 Å². The van der Waals surface area contributed by atoms with Crippen molar-refractivity contribution < 1.29 is 14.7 Å². The SMILES string of the molecule is CC1(NC2CCN(C(=O)O)C(C(C)(C)C)C2)SC(=NC2CCCCCC2)NC1=O. The van der Waals surface area contributed by atoms with Gasteiger partial charge < -0.3 is 15.3 Å². The van der Waals surface area contributed by atoms with Gasteiger partial charge in [-0.3, -0.25) is 15.1 Å². The van der Waals surface area contributed by atoms with Crippen molar-refractivity contribution in [3.05, 3.63) is 0 Å². The second-order valence-corrected chi connectivity index (χ2v) is 11.3. The molecule has 3 N–H and O–H groups in total. The Morgan fingerprint density at radius 3 is 2.48 bits per heavy atom. The van der Waals surface area contributed by atoms with Crippen LogP contribution in [0.2, 0.25) is 0 Å². The van der Waals surface area contributed by atoms with E-state index in [9.17, 15) is 14.7 Å². The third kappa shape index (κ3) is 5.45. The maximum atomic E-state index is 12.8. The molecular weight excluding hydrogens is 388 g/mol. The Bertz CT molecular complexity index is 655. The maximum absolute atomic E-state index is 12.8. The summed E-state index contributed by atoms with van der Waals surface area (Å²) in [7, 11) is 0. The van der Waals surface area contributed by atoms with E-state index >= 15 is 0 Å². The van der Waals surface area contributed by atoms with Crippen LogP contribution < -0.4 is 10.6 Å². The van der Waals surface area contributed by atoms with Gasteiger partial charge in [-0.2, -0.15) is 0 Å². The molecule has 0 aromatic carbocycles. The molecule has 8 heteroatoms. The number of hydrogen-bond acceptors (Lipinski definition) is 5. The first-order valence-corrected chi connectivity index (χ1v) is 11.8. The van der Waals surface area contributed by atoms with Gasteiger partial charge in [0.25, 0.3) is 5.91 Å². The smallest absolute Gasteiger partial charge is 0.407 e. The van der Waals surface area contributed by atoms with Gasteiger partial charge in [0.1, 0.15) is 4.87 Å². The summed E-state index contributed by atoms with van der Waals surface area (Å²) in [5.41, 5.74) is -0.156. The number of piperidine rings is 1. The Hall–Kier alpha value is -1.28. The molecule has 164 valence electrons. The molecule has 0 aromatic rings. The number of amidine groups is 1. The molecule has 0 bridgehead atoms. The van der Waals surface area contributed by atoms with Crippen LogP contribution in [0.1, 0.15) is 79.1 Å². The Kier molecular flexibility index (Phi) is 6.83. The predicted molar refractivity (Wildman–Crippen MR) is 117 cm³/mol. The van der Waals surface area contributed by atoms with Crippen molar-refractivity contribution in [2.45, 2.75) is 102 Å². The Morgan fingerprint density at radius 1 is 1.24 bits per heavy atom. The molecule has 2 heterocycles. The topological polar surface area (TPSA) is 94.0 Å². The van der Waals surface area contributed by atoms with E-state index in [0.717, 1.165) is 18.0 Å². The van der Waals surface area contributed by atoms with Crippen molar-refractivity contribution in [3.63, 3.8) is 0 Å². The molecule has 1 aliphatic carbocycles. The van der Waals surface area contributed by atoms with Crippen molar-refractivity contribution in [1.82, 2.24) is 15.5 Å². The van der Waals surface area contributed by atoms with E-state index in [1.807, 2.05) is 6.92 Å². The molecule has 2 amide bonds. The van der Waals surface area contributed by atoms with E-state index in [0.29, 0.717) is 25.4 Å². The Balaban J connectivity index is 1.66. The predicted octanol–water partition coefficient (Wildman–Crippen LogP) is 3.79. The molecule has 7 nitrogen and oxygen atoms in total. The lowest BCUT2D eigenvalue weighted by Crippen LogP contribution is -2.59. The lowest BCUT2D eigenvalue weighted by molar-refractivity contribution is -0.122. The van der Waals surface area contributed by atoms with Crippen LogP contribution in [0.15, 0.2) is 4.99 Å². The van der Waals surface area contributed by atoms with Gasteiger partial charge >= 0.3 is 6.09 Å². The Morgan fingerprint density at radius 2 is 1.90 bits per heavy atom. The average molecular weight is 425 g/mol. The van der Waals surface area contributed by atoms with Crippen LogP contribution in [-0.2, 0) is 4.79 Å². The molecule has 2 aliphatic heterocycles. The second-order valence-electron chi connectivity index (χ2n) is 9.89. The van der Waals surface area contributed by atoms with Crippen LogP contribution in [0, 0.1) is 5.41 Å². The highest BCUT2D eigenvalue weighted by Gasteiger charge is 2.46. The standard InChI is InChI=1S/C21H36N4O3S/c1-20(2,3)16-13-15(11-12-25(16)19(27)28)24-21(4)17(26)23-18(29-21)22-14-9-7-5-6-8-10-14/h14-16,24H,5-13H2,1-4H3,(H,27,28)(H,22,23,26). The van der Waals surface area contributed by atoms with Gasteiger partial charge in [-0.25, -0.2) is 4.79 Å². The maximum Gasteiger partial charge on any atom is 0.407 e. The normalized spacial score (nSPS) is 33.6. The van der Waals surface area contributed by atoms with E-state index in [2.05, 4.69) is 31.4 Å². The van der Waals surface area contributed by atoms with Gasteiger partial charge in [0, 0.05) is 18.6 Å². The fourth-order valence-corrected chi connectivity index (χ4v) is 5.83. The number of rotatable bonds is 3. The van der Waals surface area contributed by atoms with E-state index in [1.54, 1.807) is 4.90 Å². The van der Waals surface area contributed by atoms with Gasteiger partial charge in [0.05, 0.1) is 6.04 Å². The number of carbonyl (C=O) groups excluding carboxylic acids is 1.